The molecule has 0 aromatic rings. The third-order valence-corrected chi connectivity index (χ3v) is 18.9. The maximum Gasteiger partial charge on any atom is -0.0443 e. The molecule has 2 unspecified atom stereocenters. The lowest BCUT2D eigenvalue weighted by atomic mass is 9.91. The molecule has 0 nitrogen and oxygen atoms in total. The van der Waals surface area contributed by atoms with Crippen molar-refractivity contribution in [2.24, 2.45) is 17.8 Å². The van der Waals surface area contributed by atoms with Gasteiger partial charge in [-0.3, -0.25) is 0 Å². The summed E-state index contributed by atoms with van der Waals surface area (Å²) in [4.78, 5) is 0. The fourth-order valence-corrected chi connectivity index (χ4v) is 13.2. The van der Waals surface area contributed by atoms with Crippen molar-refractivity contribution < 1.29 is 0 Å². The summed E-state index contributed by atoms with van der Waals surface area (Å²) in [5.74, 6) is 2.77. The minimum absolute atomic E-state index is 0.878. The standard InChI is InChI=1S/C77H156/c1-6-7-8-9-10-11-12-13-14-15-16-17-18-19-20-21-22-23-24-25-26-27-28-29-30-31-32-33-34-35-36-37-38-39-40-41-42-43-44-45-46-47-48-49-50-51-52-53-54-55-56-57-58-59-60-61-62-63-64-65-66-67-71-76(4)73-69-74-77(5)72-68-70-75(2)3/h75-77H,6-74H2,1-5H3. The van der Waals surface area contributed by atoms with Gasteiger partial charge in [0.05, 0.1) is 0 Å². The van der Waals surface area contributed by atoms with Crippen LogP contribution >= 0.6 is 0 Å². The van der Waals surface area contributed by atoms with Gasteiger partial charge in [-0.05, 0) is 17.8 Å². The molecule has 0 aromatic carbocycles. The molecule has 0 heterocycles. The van der Waals surface area contributed by atoms with Crippen molar-refractivity contribution in [1.82, 2.24) is 0 Å². The Morgan fingerprint density at radius 3 is 0.390 bits per heavy atom. The predicted octanol–water partition coefficient (Wildman–Crippen LogP) is 29.9. The highest BCUT2D eigenvalue weighted by Gasteiger charge is 2.07. The Morgan fingerprint density at radius 2 is 0.247 bits per heavy atom. The summed E-state index contributed by atoms with van der Waals surface area (Å²) in [5.41, 5.74) is 0. The first-order chi connectivity index (χ1) is 38.1. The molecule has 0 heteroatoms. The van der Waals surface area contributed by atoms with Crippen LogP contribution in [0, 0.1) is 17.8 Å². The first kappa shape index (κ1) is 77.0. The highest BCUT2D eigenvalue weighted by atomic mass is 14.1. The lowest BCUT2D eigenvalue weighted by Crippen LogP contribution is -2.00. The van der Waals surface area contributed by atoms with E-state index in [1.807, 2.05) is 0 Å². The second-order valence-corrected chi connectivity index (χ2v) is 27.8. The van der Waals surface area contributed by atoms with Gasteiger partial charge in [-0.15, -0.1) is 0 Å². The van der Waals surface area contributed by atoms with Crippen molar-refractivity contribution in [3.8, 4) is 0 Å². The van der Waals surface area contributed by atoms with Crippen molar-refractivity contribution in [2.45, 2.75) is 478 Å². The lowest BCUT2D eigenvalue weighted by Gasteiger charge is -2.15. The van der Waals surface area contributed by atoms with E-state index in [4.69, 9.17) is 0 Å². The summed E-state index contributed by atoms with van der Waals surface area (Å²) in [7, 11) is 0. The zero-order valence-corrected chi connectivity index (χ0v) is 55.5. The highest BCUT2D eigenvalue weighted by molar-refractivity contribution is 4.61. The second kappa shape index (κ2) is 70.3. The van der Waals surface area contributed by atoms with Crippen LogP contribution in [0.25, 0.3) is 0 Å². The molecule has 0 rings (SSSR count). The van der Waals surface area contributed by atoms with E-state index in [9.17, 15) is 0 Å². The molecule has 0 saturated heterocycles. The SMILES string of the molecule is CCCCCCCCCCCCCCCCCCCCCCCCCCCCCCCCCCCCCCCCCCCCCCCCCCCCCCCCCCCCCCCCC(C)CCCC(C)CCCC(C)C. The summed E-state index contributed by atoms with van der Waals surface area (Å²) in [6.45, 7) is 12.0. The van der Waals surface area contributed by atoms with Crippen LogP contribution in [-0.4, -0.2) is 0 Å². The summed E-state index contributed by atoms with van der Waals surface area (Å²) >= 11 is 0. The minimum Gasteiger partial charge on any atom is -0.0654 e. The van der Waals surface area contributed by atoms with Gasteiger partial charge in [0.15, 0.2) is 0 Å². The normalized spacial score (nSPS) is 12.7. The Morgan fingerprint density at radius 1 is 0.130 bits per heavy atom. The second-order valence-electron chi connectivity index (χ2n) is 27.8. The van der Waals surface area contributed by atoms with Crippen molar-refractivity contribution in [3.63, 3.8) is 0 Å². The van der Waals surface area contributed by atoms with E-state index in [0.717, 1.165) is 17.8 Å². The first-order valence-corrected chi connectivity index (χ1v) is 38.1. The number of hydrogen-bond donors (Lipinski definition) is 0. The molecule has 0 amide bonds. The zero-order valence-electron chi connectivity index (χ0n) is 55.5. The smallest absolute Gasteiger partial charge is 0.0443 e. The number of rotatable bonds is 71. The van der Waals surface area contributed by atoms with Crippen LogP contribution in [0.4, 0.5) is 0 Å². The molecule has 0 aliphatic rings. The molecule has 0 aliphatic heterocycles. The third-order valence-electron chi connectivity index (χ3n) is 18.9. The van der Waals surface area contributed by atoms with E-state index in [0.29, 0.717) is 0 Å². The molecule has 464 valence electrons. The Hall–Kier alpha value is 0. The van der Waals surface area contributed by atoms with Crippen LogP contribution in [0.15, 0.2) is 0 Å². The number of unbranched alkanes of at least 4 members (excludes halogenated alkanes) is 61. The van der Waals surface area contributed by atoms with Crippen LogP contribution in [0.1, 0.15) is 478 Å². The molecule has 0 bridgehead atoms. The third kappa shape index (κ3) is 72.1. The maximum atomic E-state index is 2.51. The predicted molar refractivity (Wildman–Crippen MR) is 357 cm³/mol. The largest absolute Gasteiger partial charge is 0.0654 e. The van der Waals surface area contributed by atoms with Gasteiger partial charge in [-0.1, -0.05) is 478 Å². The fraction of sp³-hybridized carbons (Fsp3) is 1.00. The van der Waals surface area contributed by atoms with E-state index < -0.39 is 0 Å². The Labute approximate surface area is 492 Å². The molecule has 0 spiro atoms. The number of hydrogen-bond acceptors (Lipinski definition) is 0. The molecule has 0 radical (unpaired) electrons. The van der Waals surface area contributed by atoms with Crippen LogP contribution < -0.4 is 0 Å². The van der Waals surface area contributed by atoms with Crippen molar-refractivity contribution in [3.05, 3.63) is 0 Å². The van der Waals surface area contributed by atoms with Gasteiger partial charge in [-0.2, -0.15) is 0 Å². The molecule has 0 aliphatic carbocycles. The van der Waals surface area contributed by atoms with Crippen LogP contribution in [0.3, 0.4) is 0 Å². The van der Waals surface area contributed by atoms with E-state index in [2.05, 4.69) is 34.6 Å². The lowest BCUT2D eigenvalue weighted by molar-refractivity contribution is 0.385. The van der Waals surface area contributed by atoms with Crippen LogP contribution in [-0.2, 0) is 0 Å². The maximum absolute atomic E-state index is 2.51. The van der Waals surface area contributed by atoms with Gasteiger partial charge in [0.2, 0.25) is 0 Å². The van der Waals surface area contributed by atoms with E-state index >= 15 is 0 Å². The van der Waals surface area contributed by atoms with Crippen LogP contribution in [0.2, 0.25) is 0 Å². The van der Waals surface area contributed by atoms with Crippen molar-refractivity contribution in [2.75, 3.05) is 0 Å². The summed E-state index contributed by atoms with van der Waals surface area (Å²) in [5, 5.41) is 0. The monoisotopic (exact) mass is 1080 g/mol. The first-order valence-electron chi connectivity index (χ1n) is 38.1. The Bertz CT molecular complexity index is 979. The van der Waals surface area contributed by atoms with Gasteiger partial charge in [0, 0.05) is 0 Å². The van der Waals surface area contributed by atoms with Crippen molar-refractivity contribution >= 4 is 0 Å². The molecule has 0 fully saturated rings. The fourth-order valence-electron chi connectivity index (χ4n) is 13.2. The van der Waals surface area contributed by atoms with E-state index in [1.54, 1.807) is 0 Å². The van der Waals surface area contributed by atoms with Gasteiger partial charge in [-0.25, -0.2) is 0 Å². The molecule has 0 aromatic heterocycles. The Balaban J connectivity index is 3.12. The quantitative estimate of drug-likeness (QED) is 0.0533. The summed E-state index contributed by atoms with van der Waals surface area (Å²) in [6, 6.07) is 0. The highest BCUT2D eigenvalue weighted by Crippen LogP contribution is 2.24. The van der Waals surface area contributed by atoms with Gasteiger partial charge >= 0.3 is 0 Å². The molecule has 0 N–H and O–H groups in total. The van der Waals surface area contributed by atoms with E-state index in [-0.39, 0.29) is 0 Å². The van der Waals surface area contributed by atoms with Crippen LogP contribution in [0.5, 0.6) is 0 Å². The van der Waals surface area contributed by atoms with E-state index in [1.165, 1.54) is 443 Å². The Kier molecular flexibility index (Phi) is 70.3. The van der Waals surface area contributed by atoms with Crippen molar-refractivity contribution in [1.29, 1.82) is 0 Å². The molecule has 0 saturated carbocycles. The van der Waals surface area contributed by atoms with Gasteiger partial charge in [0.1, 0.15) is 0 Å². The average Bonchev–Trinajstić information content (AvgIpc) is 3.42. The topological polar surface area (TPSA) is 0 Å². The summed E-state index contributed by atoms with van der Waals surface area (Å²) < 4.78 is 0. The zero-order chi connectivity index (χ0) is 55.5. The average molecular weight is 1080 g/mol. The molecular weight excluding hydrogens is 925 g/mol. The molecule has 2 atom stereocenters. The van der Waals surface area contributed by atoms with Gasteiger partial charge in [0.25, 0.3) is 0 Å². The molecule has 77 heavy (non-hydrogen) atoms. The molecular formula is C77H156. The summed E-state index contributed by atoms with van der Waals surface area (Å²) in [6.07, 6.45) is 103. The van der Waals surface area contributed by atoms with Gasteiger partial charge < -0.3 is 0 Å². The minimum atomic E-state index is 0.878.